The van der Waals surface area contributed by atoms with Crippen molar-refractivity contribution in [1.29, 1.82) is 0 Å². The highest BCUT2D eigenvalue weighted by molar-refractivity contribution is 14.0. The molecule has 7 nitrogen and oxygen atoms in total. The maximum absolute atomic E-state index is 4.37. The summed E-state index contributed by atoms with van der Waals surface area (Å²) in [6.45, 7) is 4.97. The lowest BCUT2D eigenvalue weighted by molar-refractivity contribution is 0.238. The first-order chi connectivity index (χ1) is 13.2. The summed E-state index contributed by atoms with van der Waals surface area (Å²) in [5, 5.41) is 11.2. The van der Waals surface area contributed by atoms with Crippen molar-refractivity contribution >= 4 is 29.9 Å². The molecule has 1 aromatic heterocycles. The Labute approximate surface area is 185 Å². The van der Waals surface area contributed by atoms with Gasteiger partial charge in [-0.15, -0.1) is 24.0 Å². The standard InChI is InChI=1S/C20H31N7.HI/c1-16(26(3)13-17-7-5-4-6-8-17)11-12-22-20(21-2)25-18-9-10-19-23-15-24-27(19)14-18;/h4-8,15-16,18H,9-14H2,1-3H3,(H2,21,22,25);1H. The number of nitrogens with one attached hydrogen (secondary N) is 2. The predicted octanol–water partition coefficient (Wildman–Crippen LogP) is 2.29. The van der Waals surface area contributed by atoms with E-state index in [1.54, 1.807) is 6.33 Å². The van der Waals surface area contributed by atoms with E-state index in [9.17, 15) is 0 Å². The molecular weight excluding hydrogens is 465 g/mol. The first kappa shape index (κ1) is 22.6. The fraction of sp³-hybridized carbons (Fsp3) is 0.550. The van der Waals surface area contributed by atoms with Crippen molar-refractivity contribution in [3.63, 3.8) is 0 Å². The number of fused-ring (bicyclic) bond motifs is 1. The average Bonchev–Trinajstić information content (AvgIpc) is 3.15. The van der Waals surface area contributed by atoms with Crippen LogP contribution in [0.4, 0.5) is 0 Å². The van der Waals surface area contributed by atoms with E-state index < -0.39 is 0 Å². The maximum atomic E-state index is 4.37. The van der Waals surface area contributed by atoms with E-state index >= 15 is 0 Å². The van der Waals surface area contributed by atoms with Crippen LogP contribution in [0.25, 0.3) is 0 Å². The van der Waals surface area contributed by atoms with Crippen LogP contribution in [0.3, 0.4) is 0 Å². The zero-order valence-corrected chi connectivity index (χ0v) is 19.3. The SMILES string of the molecule is CN=C(NCCC(C)N(C)Cc1ccccc1)NC1CCc2ncnn2C1.I. The molecule has 0 fully saturated rings. The molecule has 2 aromatic rings. The van der Waals surface area contributed by atoms with Crippen molar-refractivity contribution in [3.8, 4) is 0 Å². The van der Waals surface area contributed by atoms with Crippen LogP contribution in [0.1, 0.15) is 31.2 Å². The number of aliphatic imine (C=N–C) groups is 1. The molecule has 0 bridgehead atoms. The summed E-state index contributed by atoms with van der Waals surface area (Å²) in [6, 6.07) is 11.4. The third-order valence-electron chi connectivity index (χ3n) is 5.25. The summed E-state index contributed by atoms with van der Waals surface area (Å²) in [6.07, 6.45) is 4.70. The van der Waals surface area contributed by atoms with E-state index in [0.717, 1.165) is 50.7 Å². The van der Waals surface area contributed by atoms with Gasteiger partial charge in [-0.25, -0.2) is 9.67 Å². The highest BCUT2D eigenvalue weighted by atomic mass is 127. The highest BCUT2D eigenvalue weighted by Crippen LogP contribution is 2.11. The Hall–Kier alpha value is -1.68. The maximum Gasteiger partial charge on any atom is 0.191 e. The van der Waals surface area contributed by atoms with E-state index in [-0.39, 0.29) is 24.0 Å². The van der Waals surface area contributed by atoms with Gasteiger partial charge in [0.05, 0.1) is 6.54 Å². The van der Waals surface area contributed by atoms with Crippen LogP contribution in [-0.4, -0.2) is 58.3 Å². The van der Waals surface area contributed by atoms with Gasteiger partial charge in [-0.1, -0.05) is 30.3 Å². The first-order valence-corrected chi connectivity index (χ1v) is 9.73. The summed E-state index contributed by atoms with van der Waals surface area (Å²) in [7, 11) is 4.01. The van der Waals surface area contributed by atoms with Crippen LogP contribution in [0, 0.1) is 0 Å². The van der Waals surface area contributed by atoms with Crippen LogP contribution in [0.15, 0.2) is 41.7 Å². The summed E-state index contributed by atoms with van der Waals surface area (Å²) < 4.78 is 1.98. The molecule has 3 rings (SSSR count). The number of hydrogen-bond acceptors (Lipinski definition) is 4. The number of hydrogen-bond donors (Lipinski definition) is 2. The van der Waals surface area contributed by atoms with Gasteiger partial charge in [0.25, 0.3) is 0 Å². The Morgan fingerprint density at radius 1 is 1.36 bits per heavy atom. The van der Waals surface area contributed by atoms with Crippen molar-refractivity contribution < 1.29 is 0 Å². The lowest BCUT2D eigenvalue weighted by atomic mass is 10.1. The number of aryl methyl sites for hydroxylation is 1. The number of aromatic nitrogens is 3. The summed E-state index contributed by atoms with van der Waals surface area (Å²) in [5.41, 5.74) is 1.35. The number of halogens is 1. The molecule has 1 aromatic carbocycles. The van der Waals surface area contributed by atoms with Gasteiger partial charge in [-0.05, 0) is 32.4 Å². The summed E-state index contributed by atoms with van der Waals surface area (Å²) in [5.74, 6) is 1.94. The van der Waals surface area contributed by atoms with E-state index in [4.69, 9.17) is 0 Å². The Bertz CT molecular complexity index is 731. The lowest BCUT2D eigenvalue weighted by Crippen LogP contribution is -2.47. The third kappa shape index (κ3) is 6.44. The van der Waals surface area contributed by atoms with Crippen LogP contribution < -0.4 is 10.6 Å². The molecule has 0 radical (unpaired) electrons. The quantitative estimate of drug-likeness (QED) is 0.349. The van der Waals surface area contributed by atoms with Crippen molar-refractivity contribution in [3.05, 3.63) is 48.0 Å². The fourth-order valence-corrected chi connectivity index (χ4v) is 3.39. The average molecular weight is 497 g/mol. The number of rotatable bonds is 7. The van der Waals surface area contributed by atoms with Crippen molar-refractivity contribution in [2.75, 3.05) is 20.6 Å². The Kier molecular flexibility index (Phi) is 9.17. The second-order valence-corrected chi connectivity index (χ2v) is 7.28. The lowest BCUT2D eigenvalue weighted by Gasteiger charge is -2.27. The first-order valence-electron chi connectivity index (χ1n) is 9.73. The monoisotopic (exact) mass is 497 g/mol. The highest BCUT2D eigenvalue weighted by Gasteiger charge is 2.20. The molecule has 8 heteroatoms. The summed E-state index contributed by atoms with van der Waals surface area (Å²) in [4.78, 5) is 11.0. The van der Waals surface area contributed by atoms with Crippen molar-refractivity contribution in [1.82, 2.24) is 30.3 Å². The fourth-order valence-electron chi connectivity index (χ4n) is 3.39. The molecule has 2 unspecified atom stereocenters. The van der Waals surface area contributed by atoms with E-state index in [1.165, 1.54) is 5.56 Å². The smallest absolute Gasteiger partial charge is 0.191 e. The molecule has 0 saturated heterocycles. The minimum Gasteiger partial charge on any atom is -0.356 e. The summed E-state index contributed by atoms with van der Waals surface area (Å²) >= 11 is 0. The normalized spacial score (nSPS) is 17.6. The van der Waals surface area contributed by atoms with Crippen LogP contribution in [0.2, 0.25) is 0 Å². The van der Waals surface area contributed by atoms with Gasteiger partial charge >= 0.3 is 0 Å². The van der Waals surface area contributed by atoms with Crippen LogP contribution >= 0.6 is 24.0 Å². The molecule has 1 aliphatic rings. The van der Waals surface area contributed by atoms with E-state index in [1.807, 2.05) is 11.7 Å². The Balaban J connectivity index is 0.00000280. The number of nitrogens with zero attached hydrogens (tertiary/aromatic N) is 5. The van der Waals surface area contributed by atoms with Gasteiger partial charge in [0.15, 0.2) is 5.96 Å². The largest absolute Gasteiger partial charge is 0.356 e. The van der Waals surface area contributed by atoms with E-state index in [0.29, 0.717) is 12.1 Å². The molecule has 2 atom stereocenters. The number of benzene rings is 1. The van der Waals surface area contributed by atoms with Gasteiger partial charge in [0.2, 0.25) is 0 Å². The topological polar surface area (TPSA) is 70.4 Å². The molecule has 28 heavy (non-hydrogen) atoms. The van der Waals surface area contributed by atoms with Crippen molar-refractivity contribution in [2.24, 2.45) is 4.99 Å². The second-order valence-electron chi connectivity index (χ2n) is 7.28. The molecule has 0 aliphatic carbocycles. The number of guanidine groups is 1. The minimum absolute atomic E-state index is 0. The van der Waals surface area contributed by atoms with Gasteiger partial charge in [0, 0.05) is 38.6 Å². The molecular formula is C20H32IN7. The molecule has 0 saturated carbocycles. The molecule has 2 N–H and O–H groups in total. The van der Waals surface area contributed by atoms with Gasteiger partial charge < -0.3 is 10.6 Å². The Morgan fingerprint density at radius 2 is 2.14 bits per heavy atom. The minimum atomic E-state index is 0. The molecule has 2 heterocycles. The zero-order chi connectivity index (χ0) is 19.1. The van der Waals surface area contributed by atoms with Gasteiger partial charge in [-0.2, -0.15) is 5.10 Å². The van der Waals surface area contributed by atoms with Crippen LogP contribution in [0.5, 0.6) is 0 Å². The molecule has 154 valence electrons. The van der Waals surface area contributed by atoms with Crippen molar-refractivity contribution in [2.45, 2.75) is 51.4 Å². The van der Waals surface area contributed by atoms with Gasteiger partial charge in [-0.3, -0.25) is 9.89 Å². The van der Waals surface area contributed by atoms with Gasteiger partial charge in [0.1, 0.15) is 12.2 Å². The zero-order valence-electron chi connectivity index (χ0n) is 17.0. The molecule has 1 aliphatic heterocycles. The predicted molar refractivity (Wildman–Crippen MR) is 124 cm³/mol. The van der Waals surface area contributed by atoms with E-state index in [2.05, 4.69) is 74.9 Å². The van der Waals surface area contributed by atoms with Crippen LogP contribution in [-0.2, 0) is 19.5 Å². The Morgan fingerprint density at radius 3 is 2.89 bits per heavy atom. The third-order valence-corrected chi connectivity index (χ3v) is 5.25. The second kappa shape index (κ2) is 11.4. The molecule has 0 amide bonds. The molecule has 0 spiro atoms.